The van der Waals surface area contributed by atoms with Crippen molar-refractivity contribution < 1.29 is 22.1 Å². The van der Waals surface area contributed by atoms with Gasteiger partial charge < -0.3 is 13.3 Å². The van der Waals surface area contributed by atoms with Crippen LogP contribution in [0, 0.1) is 11.6 Å². The van der Waals surface area contributed by atoms with Gasteiger partial charge in [-0.25, -0.2) is 8.78 Å². The van der Waals surface area contributed by atoms with E-state index in [1.54, 1.807) is 20.3 Å². The topological polar surface area (TPSA) is 27.7 Å². The maximum Gasteiger partial charge on any atom is 0.577 e. The van der Waals surface area contributed by atoms with E-state index in [1.807, 2.05) is 6.92 Å². The molecular weight excluding hydrogens is 306 g/mol. The van der Waals surface area contributed by atoms with Gasteiger partial charge in [0.15, 0.2) is 11.6 Å². The van der Waals surface area contributed by atoms with Crippen LogP contribution in [-0.4, -0.2) is 29.9 Å². The van der Waals surface area contributed by atoms with Crippen molar-refractivity contribution in [3.63, 3.8) is 0 Å². The molecule has 0 saturated carbocycles. The fraction of sp³-hybridized carbons (Fsp3) is 0.625. The lowest BCUT2D eigenvalue weighted by molar-refractivity contribution is 0.0892. The lowest BCUT2D eigenvalue weighted by Crippen LogP contribution is -2.28. The van der Waals surface area contributed by atoms with Gasteiger partial charge in [0.05, 0.1) is 0 Å². The molecule has 0 bridgehead atoms. The summed E-state index contributed by atoms with van der Waals surface area (Å²) in [7, 11) is 1.59. The van der Waals surface area contributed by atoms with Crippen LogP contribution in [-0.2, 0) is 19.7 Å². The molecule has 0 aliphatic heterocycles. The molecule has 22 heavy (non-hydrogen) atoms. The SMILES string of the molecule is CO[Si](OC)OC(C)CCCCCCc1ccc(F)c(F)c1. The predicted octanol–water partition coefficient (Wildman–Crippen LogP) is 4.14. The first-order valence-electron chi connectivity index (χ1n) is 7.62. The minimum Gasteiger partial charge on any atom is -0.375 e. The predicted molar refractivity (Wildman–Crippen MR) is 83.5 cm³/mol. The van der Waals surface area contributed by atoms with Gasteiger partial charge in [-0.15, -0.1) is 0 Å². The van der Waals surface area contributed by atoms with E-state index in [2.05, 4.69) is 0 Å². The van der Waals surface area contributed by atoms with Crippen LogP contribution in [0.25, 0.3) is 0 Å². The van der Waals surface area contributed by atoms with Crippen LogP contribution >= 0.6 is 0 Å². The van der Waals surface area contributed by atoms with E-state index in [0.717, 1.165) is 44.1 Å². The Morgan fingerprint density at radius 2 is 1.68 bits per heavy atom. The van der Waals surface area contributed by atoms with Crippen LogP contribution in [0.3, 0.4) is 0 Å². The fourth-order valence-corrected chi connectivity index (χ4v) is 3.02. The summed E-state index contributed by atoms with van der Waals surface area (Å²) in [6, 6.07) is 4.12. The Hall–Kier alpha value is -0.823. The van der Waals surface area contributed by atoms with Crippen molar-refractivity contribution in [1.82, 2.24) is 0 Å². The van der Waals surface area contributed by atoms with Crippen molar-refractivity contribution in [2.24, 2.45) is 0 Å². The maximum absolute atomic E-state index is 13.1. The molecule has 6 heteroatoms. The second-order valence-electron chi connectivity index (χ2n) is 5.29. The van der Waals surface area contributed by atoms with Crippen LogP contribution in [0.15, 0.2) is 18.2 Å². The molecule has 1 aromatic rings. The molecule has 125 valence electrons. The van der Waals surface area contributed by atoms with Gasteiger partial charge in [-0.05, 0) is 43.9 Å². The average Bonchev–Trinajstić information content (AvgIpc) is 2.51. The lowest BCUT2D eigenvalue weighted by atomic mass is 10.0. The average molecular weight is 331 g/mol. The smallest absolute Gasteiger partial charge is 0.375 e. The number of unbranched alkanes of at least 4 members (excludes halogenated alkanes) is 3. The molecule has 0 aliphatic carbocycles. The first kappa shape index (κ1) is 19.2. The molecule has 0 saturated heterocycles. The molecule has 1 rings (SSSR count). The van der Waals surface area contributed by atoms with Gasteiger partial charge in [0, 0.05) is 20.3 Å². The largest absolute Gasteiger partial charge is 0.577 e. The Morgan fingerprint density at radius 3 is 2.32 bits per heavy atom. The van der Waals surface area contributed by atoms with Crippen molar-refractivity contribution in [1.29, 1.82) is 0 Å². The first-order valence-corrected chi connectivity index (χ1v) is 8.84. The fourth-order valence-electron chi connectivity index (χ4n) is 2.21. The number of aryl methyl sites for hydroxylation is 1. The Labute approximate surface area is 133 Å². The Kier molecular flexibility index (Phi) is 9.46. The third-order valence-electron chi connectivity index (χ3n) is 3.44. The normalized spacial score (nSPS) is 12.8. The molecule has 1 atom stereocenters. The summed E-state index contributed by atoms with van der Waals surface area (Å²) >= 11 is 0. The quantitative estimate of drug-likeness (QED) is 0.450. The molecular formula is C16H25F2O3Si. The Bertz CT molecular complexity index is 428. The Balaban J connectivity index is 2.09. The molecule has 0 heterocycles. The van der Waals surface area contributed by atoms with Gasteiger partial charge in [-0.1, -0.05) is 25.3 Å². The molecule has 1 unspecified atom stereocenters. The number of rotatable bonds is 11. The molecule has 0 aliphatic rings. The highest BCUT2D eigenvalue weighted by Crippen LogP contribution is 2.14. The monoisotopic (exact) mass is 331 g/mol. The van der Waals surface area contributed by atoms with E-state index in [9.17, 15) is 8.78 Å². The van der Waals surface area contributed by atoms with Crippen LogP contribution in [0.5, 0.6) is 0 Å². The molecule has 1 radical (unpaired) electrons. The minimum absolute atomic E-state index is 0.125. The summed E-state index contributed by atoms with van der Waals surface area (Å²) in [6.45, 7) is 2.02. The van der Waals surface area contributed by atoms with Gasteiger partial charge in [0.1, 0.15) is 0 Å². The molecule has 0 N–H and O–H groups in total. The van der Waals surface area contributed by atoms with E-state index < -0.39 is 21.2 Å². The van der Waals surface area contributed by atoms with Crippen LogP contribution in [0.4, 0.5) is 8.78 Å². The number of halogens is 2. The van der Waals surface area contributed by atoms with Crippen LogP contribution in [0.2, 0.25) is 0 Å². The number of hydrogen-bond donors (Lipinski definition) is 0. The summed E-state index contributed by atoms with van der Waals surface area (Å²) in [4.78, 5) is 0. The standard InChI is InChI=1S/C16H25F2O3Si/c1-13(21-22(19-2)20-3)8-6-4-5-7-9-14-10-11-15(17)16(18)12-14/h10-13H,4-9H2,1-3H3. The van der Waals surface area contributed by atoms with Crippen molar-refractivity contribution in [3.05, 3.63) is 35.4 Å². The summed E-state index contributed by atoms with van der Waals surface area (Å²) in [6.07, 6.45) is 6.08. The third kappa shape index (κ3) is 7.44. The molecule has 1 aromatic carbocycles. The van der Waals surface area contributed by atoms with Gasteiger partial charge >= 0.3 is 9.53 Å². The van der Waals surface area contributed by atoms with Crippen molar-refractivity contribution >= 4 is 9.53 Å². The van der Waals surface area contributed by atoms with E-state index in [1.165, 1.54) is 12.1 Å². The highest BCUT2D eigenvalue weighted by atomic mass is 28.3. The zero-order valence-electron chi connectivity index (χ0n) is 13.5. The zero-order valence-corrected chi connectivity index (χ0v) is 14.5. The summed E-state index contributed by atoms with van der Waals surface area (Å²) in [5.41, 5.74) is 0.850. The minimum atomic E-state index is -1.58. The van der Waals surface area contributed by atoms with E-state index >= 15 is 0 Å². The van der Waals surface area contributed by atoms with Crippen LogP contribution < -0.4 is 0 Å². The maximum atomic E-state index is 13.1. The number of hydrogen-bond acceptors (Lipinski definition) is 3. The van der Waals surface area contributed by atoms with E-state index in [0.29, 0.717) is 0 Å². The summed E-state index contributed by atoms with van der Waals surface area (Å²) < 4.78 is 41.6. The van der Waals surface area contributed by atoms with E-state index in [4.69, 9.17) is 13.3 Å². The van der Waals surface area contributed by atoms with Crippen molar-refractivity contribution in [2.45, 2.75) is 51.6 Å². The summed E-state index contributed by atoms with van der Waals surface area (Å²) in [5, 5.41) is 0. The van der Waals surface area contributed by atoms with Gasteiger partial charge in [-0.2, -0.15) is 0 Å². The molecule has 3 nitrogen and oxygen atoms in total. The molecule has 0 aromatic heterocycles. The van der Waals surface area contributed by atoms with E-state index in [-0.39, 0.29) is 6.10 Å². The second kappa shape index (κ2) is 10.8. The zero-order chi connectivity index (χ0) is 16.4. The van der Waals surface area contributed by atoms with Crippen LogP contribution in [0.1, 0.15) is 44.6 Å². The number of benzene rings is 1. The Morgan fingerprint density at radius 1 is 1.00 bits per heavy atom. The highest BCUT2D eigenvalue weighted by Gasteiger charge is 2.18. The van der Waals surface area contributed by atoms with Crippen molar-refractivity contribution in [3.8, 4) is 0 Å². The summed E-state index contributed by atoms with van der Waals surface area (Å²) in [5.74, 6) is -1.55. The third-order valence-corrected chi connectivity index (χ3v) is 4.70. The van der Waals surface area contributed by atoms with Gasteiger partial charge in [-0.3, -0.25) is 0 Å². The molecule has 0 fully saturated rings. The second-order valence-corrected chi connectivity index (χ2v) is 6.84. The molecule has 0 amide bonds. The first-order chi connectivity index (χ1) is 10.6. The lowest BCUT2D eigenvalue weighted by Gasteiger charge is -2.16. The van der Waals surface area contributed by atoms with Gasteiger partial charge in [0.2, 0.25) is 0 Å². The highest BCUT2D eigenvalue weighted by molar-refractivity contribution is 6.36. The van der Waals surface area contributed by atoms with Gasteiger partial charge in [0.25, 0.3) is 0 Å². The molecule has 0 spiro atoms. The van der Waals surface area contributed by atoms with Crippen molar-refractivity contribution in [2.75, 3.05) is 14.2 Å².